The summed E-state index contributed by atoms with van der Waals surface area (Å²) in [6, 6.07) is 0. The number of allylic oxidation sites excluding steroid dienone is 1. The first kappa shape index (κ1) is 12.0. The van der Waals surface area contributed by atoms with Crippen molar-refractivity contribution in [2.24, 2.45) is 11.1 Å². The van der Waals surface area contributed by atoms with Crippen LogP contribution in [0.15, 0.2) is 11.8 Å². The van der Waals surface area contributed by atoms with E-state index in [9.17, 15) is 4.79 Å². The summed E-state index contributed by atoms with van der Waals surface area (Å²) in [6.45, 7) is 8.33. The monoisotopic (exact) mass is 185 g/mol. The quantitative estimate of drug-likeness (QED) is 0.539. The van der Waals surface area contributed by atoms with Crippen LogP contribution in [0.3, 0.4) is 0 Å². The second kappa shape index (κ2) is 4.90. The van der Waals surface area contributed by atoms with Crippen LogP contribution in [0.4, 0.5) is 0 Å². The van der Waals surface area contributed by atoms with Crippen LogP contribution in [0.25, 0.3) is 0 Å². The molecule has 0 amide bonds. The molecule has 0 fully saturated rings. The molecule has 0 unspecified atom stereocenters. The van der Waals surface area contributed by atoms with E-state index in [2.05, 4.69) is 0 Å². The summed E-state index contributed by atoms with van der Waals surface area (Å²) in [7, 11) is 0. The van der Waals surface area contributed by atoms with Gasteiger partial charge in [0.15, 0.2) is 0 Å². The van der Waals surface area contributed by atoms with Crippen LogP contribution >= 0.6 is 0 Å². The highest BCUT2D eigenvalue weighted by atomic mass is 16.5. The van der Waals surface area contributed by atoms with Gasteiger partial charge in [-0.15, -0.1) is 0 Å². The average molecular weight is 185 g/mol. The lowest BCUT2D eigenvalue weighted by molar-refractivity contribution is -0.140. The zero-order chi connectivity index (χ0) is 10.5. The average Bonchev–Trinajstić information content (AvgIpc) is 1.99. The number of nitrogens with two attached hydrogens (primary N) is 1. The minimum atomic E-state index is -0.353. The second-order valence-electron chi connectivity index (χ2n) is 4.24. The summed E-state index contributed by atoms with van der Waals surface area (Å²) in [5.74, 6) is -0.353. The molecular formula is C10H19NO2. The van der Waals surface area contributed by atoms with Crippen molar-refractivity contribution in [2.75, 3.05) is 6.61 Å². The molecule has 0 bridgehead atoms. The SMILES string of the molecule is CCC(N)=CC(=O)OCC(C)(C)C. The Morgan fingerprint density at radius 3 is 2.38 bits per heavy atom. The molecular weight excluding hydrogens is 166 g/mol. The summed E-state index contributed by atoms with van der Waals surface area (Å²) in [5, 5.41) is 0. The third-order valence-electron chi connectivity index (χ3n) is 1.36. The predicted octanol–water partition coefficient (Wildman–Crippen LogP) is 1.83. The molecule has 0 atom stereocenters. The maximum absolute atomic E-state index is 11.1. The van der Waals surface area contributed by atoms with Crippen molar-refractivity contribution in [3.05, 3.63) is 11.8 Å². The van der Waals surface area contributed by atoms with Gasteiger partial charge in [-0.25, -0.2) is 4.79 Å². The van der Waals surface area contributed by atoms with Crippen LogP contribution < -0.4 is 5.73 Å². The molecule has 0 aromatic rings. The Labute approximate surface area is 79.9 Å². The summed E-state index contributed by atoms with van der Waals surface area (Å²) in [4.78, 5) is 11.1. The molecule has 0 saturated carbocycles. The number of ether oxygens (including phenoxy) is 1. The number of carbonyl (C=O) groups is 1. The lowest BCUT2D eigenvalue weighted by atomic mass is 9.99. The lowest BCUT2D eigenvalue weighted by Gasteiger charge is -2.16. The van der Waals surface area contributed by atoms with Gasteiger partial charge < -0.3 is 10.5 Å². The van der Waals surface area contributed by atoms with E-state index in [0.717, 1.165) is 0 Å². The standard InChI is InChI=1S/C10H19NO2/c1-5-8(11)6-9(12)13-7-10(2,3)4/h6H,5,7,11H2,1-4H3. The lowest BCUT2D eigenvalue weighted by Crippen LogP contribution is -2.17. The summed E-state index contributed by atoms with van der Waals surface area (Å²) >= 11 is 0. The Morgan fingerprint density at radius 1 is 1.46 bits per heavy atom. The molecule has 13 heavy (non-hydrogen) atoms. The Kier molecular flexibility index (Phi) is 4.52. The molecule has 0 aliphatic rings. The number of rotatable bonds is 3. The maximum Gasteiger partial charge on any atom is 0.332 e. The summed E-state index contributed by atoms with van der Waals surface area (Å²) in [5.41, 5.74) is 6.03. The van der Waals surface area contributed by atoms with Gasteiger partial charge in [-0.2, -0.15) is 0 Å². The van der Waals surface area contributed by atoms with Crippen LogP contribution in [0.2, 0.25) is 0 Å². The molecule has 0 rings (SSSR count). The molecule has 3 nitrogen and oxygen atoms in total. The fourth-order valence-corrected chi connectivity index (χ4v) is 0.583. The smallest absolute Gasteiger partial charge is 0.332 e. The van der Waals surface area contributed by atoms with Gasteiger partial charge in [0.25, 0.3) is 0 Å². The third-order valence-corrected chi connectivity index (χ3v) is 1.36. The maximum atomic E-state index is 11.1. The molecule has 0 radical (unpaired) electrons. The van der Waals surface area contributed by atoms with Crippen LogP contribution in [0.1, 0.15) is 34.1 Å². The molecule has 2 N–H and O–H groups in total. The van der Waals surface area contributed by atoms with Gasteiger partial charge in [0.2, 0.25) is 0 Å². The molecule has 0 saturated heterocycles. The molecule has 76 valence electrons. The molecule has 0 aromatic heterocycles. The van der Waals surface area contributed by atoms with E-state index < -0.39 is 0 Å². The van der Waals surface area contributed by atoms with Crippen molar-refractivity contribution in [1.82, 2.24) is 0 Å². The molecule has 3 heteroatoms. The van der Waals surface area contributed by atoms with Gasteiger partial charge in [-0.05, 0) is 11.8 Å². The van der Waals surface area contributed by atoms with Crippen LogP contribution in [0, 0.1) is 5.41 Å². The predicted molar refractivity (Wildman–Crippen MR) is 53.0 cm³/mol. The van der Waals surface area contributed by atoms with Gasteiger partial charge in [0.05, 0.1) is 6.61 Å². The first-order chi connectivity index (χ1) is 5.85. The van der Waals surface area contributed by atoms with E-state index in [0.29, 0.717) is 18.7 Å². The van der Waals surface area contributed by atoms with E-state index in [1.165, 1.54) is 6.08 Å². The van der Waals surface area contributed by atoms with Crippen molar-refractivity contribution >= 4 is 5.97 Å². The zero-order valence-electron chi connectivity index (χ0n) is 8.89. The van der Waals surface area contributed by atoms with Crippen LogP contribution in [0.5, 0.6) is 0 Å². The van der Waals surface area contributed by atoms with Crippen molar-refractivity contribution < 1.29 is 9.53 Å². The van der Waals surface area contributed by atoms with E-state index in [4.69, 9.17) is 10.5 Å². The van der Waals surface area contributed by atoms with E-state index in [1.54, 1.807) is 0 Å². The highest BCUT2D eigenvalue weighted by molar-refractivity contribution is 5.82. The van der Waals surface area contributed by atoms with Gasteiger partial charge in [-0.1, -0.05) is 27.7 Å². The first-order valence-corrected chi connectivity index (χ1v) is 4.48. The highest BCUT2D eigenvalue weighted by Gasteiger charge is 2.12. The topological polar surface area (TPSA) is 52.3 Å². The first-order valence-electron chi connectivity index (χ1n) is 4.48. The Balaban J connectivity index is 3.90. The molecule has 0 aliphatic heterocycles. The third kappa shape index (κ3) is 7.37. The number of hydrogen-bond acceptors (Lipinski definition) is 3. The number of esters is 1. The zero-order valence-corrected chi connectivity index (χ0v) is 8.89. The van der Waals surface area contributed by atoms with Gasteiger partial charge in [0.1, 0.15) is 0 Å². The number of hydrogen-bond donors (Lipinski definition) is 1. The summed E-state index contributed by atoms with van der Waals surface area (Å²) in [6.07, 6.45) is 2.01. The molecule has 0 heterocycles. The van der Waals surface area contributed by atoms with Crippen LogP contribution in [-0.4, -0.2) is 12.6 Å². The van der Waals surface area contributed by atoms with Gasteiger partial charge in [-0.3, -0.25) is 0 Å². The Morgan fingerprint density at radius 2 is 2.00 bits per heavy atom. The second-order valence-corrected chi connectivity index (χ2v) is 4.24. The van der Waals surface area contributed by atoms with Crippen molar-refractivity contribution in [2.45, 2.75) is 34.1 Å². The normalized spacial score (nSPS) is 12.8. The Bertz CT molecular complexity index is 201. The Hall–Kier alpha value is -0.990. The molecule has 0 aromatic carbocycles. The van der Waals surface area contributed by atoms with Crippen molar-refractivity contribution in [1.29, 1.82) is 0 Å². The van der Waals surface area contributed by atoms with Gasteiger partial charge in [0, 0.05) is 11.8 Å². The minimum Gasteiger partial charge on any atom is -0.462 e. The van der Waals surface area contributed by atoms with Gasteiger partial charge >= 0.3 is 5.97 Å². The fraction of sp³-hybridized carbons (Fsp3) is 0.700. The van der Waals surface area contributed by atoms with E-state index in [-0.39, 0.29) is 11.4 Å². The van der Waals surface area contributed by atoms with Crippen LogP contribution in [-0.2, 0) is 9.53 Å². The largest absolute Gasteiger partial charge is 0.462 e. The fourth-order valence-electron chi connectivity index (χ4n) is 0.583. The number of carbonyl (C=O) groups excluding carboxylic acids is 1. The summed E-state index contributed by atoms with van der Waals surface area (Å²) < 4.78 is 4.98. The molecule has 0 spiro atoms. The minimum absolute atomic E-state index is 0.00444. The molecule has 0 aliphatic carbocycles. The van der Waals surface area contributed by atoms with Crippen molar-refractivity contribution in [3.8, 4) is 0 Å². The highest BCUT2D eigenvalue weighted by Crippen LogP contribution is 2.12. The van der Waals surface area contributed by atoms with Crippen molar-refractivity contribution in [3.63, 3.8) is 0 Å². The van der Waals surface area contributed by atoms with E-state index in [1.807, 2.05) is 27.7 Å². The van der Waals surface area contributed by atoms with E-state index >= 15 is 0 Å².